The quantitative estimate of drug-likeness (QED) is 0.255. The van der Waals surface area contributed by atoms with Crippen molar-refractivity contribution >= 4 is 51.3 Å². The summed E-state index contributed by atoms with van der Waals surface area (Å²) in [7, 11) is -3.36. The Labute approximate surface area is 182 Å². The maximum absolute atomic E-state index is 12.1. The number of nitrogens with one attached hydrogen (secondary N) is 3. The van der Waals surface area contributed by atoms with Crippen molar-refractivity contribution in [3.8, 4) is 0 Å². The molecular formula is C18H27IN4O2S2. The van der Waals surface area contributed by atoms with Gasteiger partial charge in [-0.15, -0.1) is 35.3 Å². The van der Waals surface area contributed by atoms with Crippen LogP contribution in [0, 0.1) is 0 Å². The molecule has 0 saturated heterocycles. The van der Waals surface area contributed by atoms with Crippen molar-refractivity contribution < 1.29 is 8.42 Å². The third kappa shape index (κ3) is 10.1. The molecule has 0 radical (unpaired) electrons. The molecule has 1 aromatic heterocycles. The monoisotopic (exact) mass is 522 g/mol. The fourth-order valence-corrected chi connectivity index (χ4v) is 3.81. The molecule has 150 valence electrons. The van der Waals surface area contributed by atoms with Gasteiger partial charge in [0.05, 0.1) is 12.3 Å². The number of rotatable bonds is 10. The summed E-state index contributed by atoms with van der Waals surface area (Å²) in [6.45, 7) is 3.97. The minimum atomic E-state index is -3.36. The Kier molecular flexibility index (Phi) is 11.6. The minimum Gasteiger partial charge on any atom is -0.357 e. The first kappa shape index (κ1) is 23.9. The van der Waals surface area contributed by atoms with Gasteiger partial charge >= 0.3 is 0 Å². The molecule has 0 bridgehead atoms. The molecule has 1 heterocycles. The van der Waals surface area contributed by atoms with Gasteiger partial charge in [0.15, 0.2) is 5.96 Å². The maximum atomic E-state index is 12.1. The van der Waals surface area contributed by atoms with E-state index in [4.69, 9.17) is 0 Å². The molecule has 0 saturated carbocycles. The molecule has 27 heavy (non-hydrogen) atoms. The molecule has 9 heteroatoms. The molecule has 3 N–H and O–H groups in total. The Hall–Kier alpha value is -1.17. The highest BCUT2D eigenvalue weighted by Crippen LogP contribution is 2.07. The lowest BCUT2D eigenvalue weighted by Crippen LogP contribution is -2.38. The Morgan fingerprint density at radius 2 is 1.89 bits per heavy atom. The van der Waals surface area contributed by atoms with E-state index in [-0.39, 0.29) is 36.3 Å². The highest BCUT2D eigenvalue weighted by Gasteiger charge is 2.09. The predicted octanol–water partition coefficient (Wildman–Crippen LogP) is 2.58. The largest absolute Gasteiger partial charge is 0.357 e. The highest BCUT2D eigenvalue weighted by molar-refractivity contribution is 14.0. The van der Waals surface area contributed by atoms with E-state index in [2.05, 4.69) is 31.8 Å². The summed E-state index contributed by atoms with van der Waals surface area (Å²) < 4.78 is 26.8. The van der Waals surface area contributed by atoms with Crippen molar-refractivity contribution in [2.45, 2.75) is 19.9 Å². The van der Waals surface area contributed by atoms with Gasteiger partial charge in [0, 0.05) is 24.5 Å². The number of hydrogen-bond acceptors (Lipinski definition) is 4. The average molecular weight is 522 g/mol. The van der Waals surface area contributed by atoms with Crippen LogP contribution in [-0.4, -0.2) is 39.8 Å². The molecular weight excluding hydrogens is 495 g/mol. The summed E-state index contributed by atoms with van der Waals surface area (Å²) in [4.78, 5) is 5.66. The summed E-state index contributed by atoms with van der Waals surface area (Å²) in [5.41, 5.74) is 0.933. The van der Waals surface area contributed by atoms with E-state index >= 15 is 0 Å². The van der Waals surface area contributed by atoms with Gasteiger partial charge < -0.3 is 10.6 Å². The van der Waals surface area contributed by atoms with Crippen molar-refractivity contribution in [3.05, 3.63) is 58.3 Å². The average Bonchev–Trinajstić information content (AvgIpc) is 3.14. The first-order valence-corrected chi connectivity index (χ1v) is 11.2. The van der Waals surface area contributed by atoms with Gasteiger partial charge in [-0.1, -0.05) is 36.4 Å². The van der Waals surface area contributed by atoms with Gasteiger partial charge in [0.1, 0.15) is 0 Å². The zero-order valence-electron chi connectivity index (χ0n) is 15.3. The number of hydrogen-bond donors (Lipinski definition) is 3. The van der Waals surface area contributed by atoms with Gasteiger partial charge in [-0.2, -0.15) is 0 Å². The van der Waals surface area contributed by atoms with E-state index < -0.39 is 10.0 Å². The SMILES string of the molecule is CCNC(=NCCS(=O)(=O)NCc1ccccc1)NCCc1cccs1.I. The Balaban J connectivity index is 0.00000364. The lowest BCUT2D eigenvalue weighted by atomic mass is 10.2. The molecule has 0 atom stereocenters. The second kappa shape index (κ2) is 13.1. The summed E-state index contributed by atoms with van der Waals surface area (Å²) in [5.74, 6) is 0.601. The number of thiophene rings is 1. The van der Waals surface area contributed by atoms with Crippen LogP contribution in [0.3, 0.4) is 0 Å². The fraction of sp³-hybridized carbons (Fsp3) is 0.389. The summed E-state index contributed by atoms with van der Waals surface area (Å²) >= 11 is 1.72. The lowest BCUT2D eigenvalue weighted by Gasteiger charge is -2.11. The maximum Gasteiger partial charge on any atom is 0.213 e. The van der Waals surface area contributed by atoms with E-state index in [1.165, 1.54) is 4.88 Å². The highest BCUT2D eigenvalue weighted by atomic mass is 127. The van der Waals surface area contributed by atoms with Crippen molar-refractivity contribution in [2.75, 3.05) is 25.4 Å². The molecule has 2 rings (SSSR count). The summed E-state index contributed by atoms with van der Waals surface area (Å²) in [6.07, 6.45) is 0.916. The first-order chi connectivity index (χ1) is 12.6. The standard InChI is InChI=1S/C18H26N4O2S2.HI/c1-2-19-18(20-11-10-17-9-6-13-25-17)21-12-14-26(23,24)22-15-16-7-4-3-5-8-16;/h3-9,13,22H,2,10-12,14-15H2,1H3,(H2,19,20,21);1H. The van der Waals surface area contributed by atoms with Crippen molar-refractivity contribution in [2.24, 2.45) is 4.99 Å². The molecule has 6 nitrogen and oxygen atoms in total. The topological polar surface area (TPSA) is 82.6 Å². The molecule has 0 aliphatic rings. The van der Waals surface area contributed by atoms with E-state index in [9.17, 15) is 8.42 Å². The Bertz CT molecular complexity index is 766. The number of aliphatic imine (C=N–C) groups is 1. The summed E-state index contributed by atoms with van der Waals surface area (Å²) in [6, 6.07) is 13.6. The molecule has 2 aromatic rings. The third-order valence-corrected chi connectivity index (χ3v) is 5.80. The third-order valence-electron chi connectivity index (χ3n) is 3.56. The number of benzene rings is 1. The second-order valence-electron chi connectivity index (χ2n) is 5.64. The number of halogens is 1. The molecule has 0 amide bonds. The van der Waals surface area contributed by atoms with Gasteiger partial charge in [0.2, 0.25) is 10.0 Å². The number of guanidine groups is 1. The van der Waals surface area contributed by atoms with Crippen LogP contribution >= 0.6 is 35.3 Å². The van der Waals surface area contributed by atoms with Gasteiger partial charge in [0.25, 0.3) is 0 Å². The zero-order chi connectivity index (χ0) is 18.7. The fourth-order valence-electron chi connectivity index (χ4n) is 2.24. The predicted molar refractivity (Wildman–Crippen MR) is 124 cm³/mol. The van der Waals surface area contributed by atoms with Crippen molar-refractivity contribution in [1.29, 1.82) is 0 Å². The minimum absolute atomic E-state index is 0. The molecule has 0 spiro atoms. The van der Waals surface area contributed by atoms with E-state index in [0.29, 0.717) is 12.5 Å². The van der Waals surface area contributed by atoms with Crippen LogP contribution in [0.5, 0.6) is 0 Å². The van der Waals surface area contributed by atoms with Crippen LogP contribution < -0.4 is 15.4 Å². The van der Waals surface area contributed by atoms with Gasteiger partial charge in [-0.25, -0.2) is 13.1 Å². The number of nitrogens with zero attached hydrogens (tertiary/aromatic N) is 1. The van der Waals surface area contributed by atoms with Crippen LogP contribution in [-0.2, 0) is 23.0 Å². The van der Waals surface area contributed by atoms with Crippen molar-refractivity contribution in [1.82, 2.24) is 15.4 Å². The molecule has 0 fully saturated rings. The van der Waals surface area contributed by atoms with Crippen LogP contribution in [0.15, 0.2) is 52.8 Å². The normalized spacial score (nSPS) is 11.7. The van der Waals surface area contributed by atoms with E-state index in [1.54, 1.807) is 11.3 Å². The Morgan fingerprint density at radius 1 is 1.11 bits per heavy atom. The lowest BCUT2D eigenvalue weighted by molar-refractivity contribution is 0.581. The second-order valence-corrected chi connectivity index (χ2v) is 8.60. The van der Waals surface area contributed by atoms with E-state index in [1.807, 2.05) is 43.3 Å². The molecule has 1 aromatic carbocycles. The van der Waals surface area contributed by atoms with Crippen LogP contribution in [0.25, 0.3) is 0 Å². The number of sulfonamides is 1. The van der Waals surface area contributed by atoms with E-state index in [0.717, 1.165) is 25.1 Å². The van der Waals surface area contributed by atoms with Crippen LogP contribution in [0.1, 0.15) is 17.4 Å². The first-order valence-electron chi connectivity index (χ1n) is 8.65. The smallest absolute Gasteiger partial charge is 0.213 e. The molecule has 0 unspecified atom stereocenters. The summed E-state index contributed by atoms with van der Waals surface area (Å²) in [5, 5.41) is 8.42. The van der Waals surface area contributed by atoms with Crippen LogP contribution in [0.2, 0.25) is 0 Å². The van der Waals surface area contributed by atoms with Gasteiger partial charge in [-0.3, -0.25) is 4.99 Å². The molecule has 0 aliphatic carbocycles. The van der Waals surface area contributed by atoms with Crippen molar-refractivity contribution in [3.63, 3.8) is 0 Å². The Morgan fingerprint density at radius 3 is 2.56 bits per heavy atom. The van der Waals surface area contributed by atoms with Crippen LogP contribution in [0.4, 0.5) is 0 Å². The molecule has 0 aliphatic heterocycles. The van der Waals surface area contributed by atoms with Gasteiger partial charge in [-0.05, 0) is 30.4 Å². The zero-order valence-corrected chi connectivity index (χ0v) is 19.3.